The van der Waals surface area contributed by atoms with Crippen molar-refractivity contribution in [3.05, 3.63) is 40.7 Å². The highest BCUT2D eigenvalue weighted by atomic mass is 16.4. The van der Waals surface area contributed by atoms with E-state index >= 15 is 0 Å². The third-order valence-corrected chi connectivity index (χ3v) is 3.52. The van der Waals surface area contributed by atoms with Crippen LogP contribution in [0.25, 0.3) is 11.1 Å². The molecule has 4 heteroatoms. The standard InChI is InChI=1S/C16H20N2O2/c1-5-13-15(14(6-2)18(4)17-13)11-7-10(3)8-12(9-11)16(19)20/h7-9H,5-6H2,1-4H3,(H,19,20). The van der Waals surface area contributed by atoms with Crippen molar-refractivity contribution in [2.24, 2.45) is 7.05 Å². The molecule has 0 radical (unpaired) electrons. The van der Waals surface area contributed by atoms with Crippen molar-refractivity contribution in [2.45, 2.75) is 33.6 Å². The minimum atomic E-state index is -0.894. The number of aromatic nitrogens is 2. The number of aromatic carboxylic acids is 1. The molecule has 1 aromatic heterocycles. The maximum atomic E-state index is 11.2. The molecule has 2 rings (SSSR count). The summed E-state index contributed by atoms with van der Waals surface area (Å²) in [7, 11) is 1.94. The summed E-state index contributed by atoms with van der Waals surface area (Å²) >= 11 is 0. The van der Waals surface area contributed by atoms with Gasteiger partial charge in [0, 0.05) is 18.3 Å². The highest BCUT2D eigenvalue weighted by Crippen LogP contribution is 2.30. The van der Waals surface area contributed by atoms with Crippen molar-refractivity contribution in [3.63, 3.8) is 0 Å². The Morgan fingerprint density at radius 2 is 1.95 bits per heavy atom. The minimum absolute atomic E-state index is 0.327. The Hall–Kier alpha value is -2.10. The Bertz CT molecular complexity index is 657. The quantitative estimate of drug-likeness (QED) is 0.929. The van der Waals surface area contributed by atoms with Crippen LogP contribution in [0.2, 0.25) is 0 Å². The van der Waals surface area contributed by atoms with Gasteiger partial charge in [-0.05, 0) is 43.0 Å². The predicted octanol–water partition coefficient (Wildman–Crippen LogP) is 3.22. The van der Waals surface area contributed by atoms with Crippen LogP contribution in [0.1, 0.15) is 41.2 Å². The molecule has 0 aliphatic carbocycles. The molecular weight excluding hydrogens is 252 g/mol. The van der Waals surface area contributed by atoms with Crippen molar-refractivity contribution < 1.29 is 9.90 Å². The Morgan fingerprint density at radius 3 is 2.50 bits per heavy atom. The van der Waals surface area contributed by atoms with Crippen LogP contribution in [0.3, 0.4) is 0 Å². The highest BCUT2D eigenvalue weighted by molar-refractivity contribution is 5.90. The second-order valence-corrected chi connectivity index (χ2v) is 4.99. The molecule has 0 saturated heterocycles. The van der Waals surface area contributed by atoms with Crippen LogP contribution in [0.15, 0.2) is 18.2 Å². The lowest BCUT2D eigenvalue weighted by Crippen LogP contribution is -1.99. The zero-order chi connectivity index (χ0) is 14.9. The van der Waals surface area contributed by atoms with E-state index in [0.29, 0.717) is 5.56 Å². The fourth-order valence-corrected chi connectivity index (χ4v) is 2.66. The van der Waals surface area contributed by atoms with E-state index in [1.165, 1.54) is 0 Å². The van der Waals surface area contributed by atoms with Crippen molar-refractivity contribution in [3.8, 4) is 11.1 Å². The van der Waals surface area contributed by atoms with Crippen LogP contribution in [-0.4, -0.2) is 20.9 Å². The van der Waals surface area contributed by atoms with Crippen LogP contribution in [0.5, 0.6) is 0 Å². The van der Waals surface area contributed by atoms with Gasteiger partial charge < -0.3 is 5.11 Å². The summed E-state index contributed by atoms with van der Waals surface area (Å²) in [5.41, 5.74) is 5.48. The molecule has 20 heavy (non-hydrogen) atoms. The fourth-order valence-electron chi connectivity index (χ4n) is 2.66. The summed E-state index contributed by atoms with van der Waals surface area (Å²) in [5, 5.41) is 13.8. The molecule has 1 heterocycles. The second-order valence-electron chi connectivity index (χ2n) is 4.99. The fraction of sp³-hybridized carbons (Fsp3) is 0.375. The van der Waals surface area contributed by atoms with Gasteiger partial charge >= 0.3 is 5.97 Å². The molecule has 1 N–H and O–H groups in total. The third kappa shape index (κ3) is 2.46. The molecule has 0 saturated carbocycles. The molecular formula is C16H20N2O2. The minimum Gasteiger partial charge on any atom is -0.478 e. The number of aryl methyl sites for hydroxylation is 3. The lowest BCUT2D eigenvalue weighted by Gasteiger charge is -2.08. The number of carboxylic acid groups (broad SMARTS) is 1. The Balaban J connectivity index is 2.70. The number of carboxylic acids is 1. The number of carbonyl (C=O) groups is 1. The van der Waals surface area contributed by atoms with E-state index in [2.05, 4.69) is 18.9 Å². The topological polar surface area (TPSA) is 55.1 Å². The first-order valence-electron chi connectivity index (χ1n) is 6.88. The summed E-state index contributed by atoms with van der Waals surface area (Å²) in [6.45, 7) is 6.08. The molecule has 0 atom stereocenters. The van der Waals surface area contributed by atoms with E-state index in [-0.39, 0.29) is 0 Å². The normalized spacial score (nSPS) is 10.8. The third-order valence-electron chi connectivity index (χ3n) is 3.52. The van der Waals surface area contributed by atoms with Crippen molar-refractivity contribution in [2.75, 3.05) is 0 Å². The lowest BCUT2D eigenvalue weighted by molar-refractivity contribution is 0.0697. The molecule has 0 fully saturated rings. The smallest absolute Gasteiger partial charge is 0.335 e. The average Bonchev–Trinajstić information content (AvgIpc) is 2.73. The van der Waals surface area contributed by atoms with Crippen molar-refractivity contribution in [1.82, 2.24) is 9.78 Å². The van der Waals surface area contributed by atoms with E-state index in [0.717, 1.165) is 40.9 Å². The van der Waals surface area contributed by atoms with E-state index < -0.39 is 5.97 Å². The Morgan fingerprint density at radius 1 is 1.25 bits per heavy atom. The number of nitrogens with zero attached hydrogens (tertiary/aromatic N) is 2. The molecule has 0 aliphatic rings. The van der Waals surface area contributed by atoms with Gasteiger partial charge in [-0.3, -0.25) is 4.68 Å². The zero-order valence-corrected chi connectivity index (χ0v) is 12.4. The van der Waals surface area contributed by atoms with Gasteiger partial charge in [0.25, 0.3) is 0 Å². The first-order chi connectivity index (χ1) is 9.47. The molecule has 4 nitrogen and oxygen atoms in total. The second kappa shape index (κ2) is 5.49. The summed E-state index contributed by atoms with van der Waals surface area (Å²) in [6.07, 6.45) is 1.70. The van der Waals surface area contributed by atoms with Gasteiger partial charge in [-0.2, -0.15) is 5.10 Å². The lowest BCUT2D eigenvalue weighted by atomic mass is 9.96. The van der Waals surface area contributed by atoms with Gasteiger partial charge in [-0.25, -0.2) is 4.79 Å². The number of rotatable bonds is 4. The molecule has 1 aromatic carbocycles. The molecule has 106 valence electrons. The predicted molar refractivity (Wildman–Crippen MR) is 79.1 cm³/mol. The van der Waals surface area contributed by atoms with E-state index in [9.17, 15) is 9.90 Å². The molecule has 0 amide bonds. The molecule has 0 unspecified atom stereocenters. The summed E-state index contributed by atoms with van der Waals surface area (Å²) < 4.78 is 1.90. The van der Waals surface area contributed by atoms with Gasteiger partial charge in [-0.15, -0.1) is 0 Å². The molecule has 0 spiro atoms. The largest absolute Gasteiger partial charge is 0.478 e. The molecule has 0 aliphatic heterocycles. The summed E-state index contributed by atoms with van der Waals surface area (Å²) in [4.78, 5) is 11.2. The van der Waals surface area contributed by atoms with Gasteiger partial charge in [-0.1, -0.05) is 19.9 Å². The summed E-state index contributed by atoms with van der Waals surface area (Å²) in [5.74, 6) is -0.894. The first kappa shape index (κ1) is 14.3. The number of benzene rings is 1. The van der Waals surface area contributed by atoms with Gasteiger partial charge in [0.05, 0.1) is 11.3 Å². The van der Waals surface area contributed by atoms with Gasteiger partial charge in [0.15, 0.2) is 0 Å². The zero-order valence-electron chi connectivity index (χ0n) is 12.4. The average molecular weight is 272 g/mol. The van der Waals surface area contributed by atoms with E-state index in [1.54, 1.807) is 12.1 Å². The first-order valence-corrected chi connectivity index (χ1v) is 6.88. The van der Waals surface area contributed by atoms with Crippen LogP contribution >= 0.6 is 0 Å². The maximum absolute atomic E-state index is 11.2. The molecule has 2 aromatic rings. The van der Waals surface area contributed by atoms with Crippen LogP contribution < -0.4 is 0 Å². The van der Waals surface area contributed by atoms with E-state index in [1.807, 2.05) is 24.7 Å². The van der Waals surface area contributed by atoms with Gasteiger partial charge in [0.2, 0.25) is 0 Å². The van der Waals surface area contributed by atoms with E-state index in [4.69, 9.17) is 0 Å². The van der Waals surface area contributed by atoms with Crippen LogP contribution in [0.4, 0.5) is 0 Å². The Kier molecular flexibility index (Phi) is 3.93. The molecule has 0 bridgehead atoms. The van der Waals surface area contributed by atoms with Gasteiger partial charge in [0.1, 0.15) is 0 Å². The van der Waals surface area contributed by atoms with Crippen molar-refractivity contribution >= 4 is 5.97 Å². The monoisotopic (exact) mass is 272 g/mol. The van der Waals surface area contributed by atoms with Crippen LogP contribution in [-0.2, 0) is 19.9 Å². The maximum Gasteiger partial charge on any atom is 0.335 e. The summed E-state index contributed by atoms with van der Waals surface area (Å²) in [6, 6.07) is 5.46. The SMILES string of the molecule is CCc1nn(C)c(CC)c1-c1cc(C)cc(C(=O)O)c1. The Labute approximate surface area is 119 Å². The number of hydrogen-bond donors (Lipinski definition) is 1. The number of hydrogen-bond acceptors (Lipinski definition) is 2. The van der Waals surface area contributed by atoms with Crippen LogP contribution in [0, 0.1) is 6.92 Å². The highest BCUT2D eigenvalue weighted by Gasteiger charge is 2.17. The van der Waals surface area contributed by atoms with Crippen molar-refractivity contribution in [1.29, 1.82) is 0 Å².